The van der Waals surface area contributed by atoms with E-state index in [0.717, 1.165) is 11.1 Å². The summed E-state index contributed by atoms with van der Waals surface area (Å²) in [6, 6.07) is 17.7. The minimum absolute atomic E-state index is 0.215. The Morgan fingerprint density at radius 1 is 1.00 bits per heavy atom. The van der Waals surface area contributed by atoms with Gasteiger partial charge in [-0.2, -0.15) is 0 Å². The summed E-state index contributed by atoms with van der Waals surface area (Å²) < 4.78 is 10.8. The molecule has 1 aromatic heterocycles. The minimum Gasteiger partial charge on any atom is -0.402 e. The van der Waals surface area contributed by atoms with E-state index in [1.165, 1.54) is 5.56 Å². The third-order valence-electron chi connectivity index (χ3n) is 4.65. The Bertz CT molecular complexity index is 1070. The first-order valence-corrected chi connectivity index (χ1v) is 9.17. The van der Waals surface area contributed by atoms with Crippen LogP contribution in [0.3, 0.4) is 0 Å². The van der Waals surface area contributed by atoms with Crippen LogP contribution in [0.5, 0.6) is 0 Å². The summed E-state index contributed by atoms with van der Waals surface area (Å²) in [6.45, 7) is 6.06. The third kappa shape index (κ3) is 3.39. The quantitative estimate of drug-likeness (QED) is 0.471. The van der Waals surface area contributed by atoms with Gasteiger partial charge in [-0.05, 0) is 30.0 Å². The molecule has 1 aliphatic rings. The summed E-state index contributed by atoms with van der Waals surface area (Å²) in [4.78, 5) is 16.8. The second-order valence-electron chi connectivity index (χ2n) is 6.99. The fourth-order valence-electron chi connectivity index (χ4n) is 3.07. The number of hydrogen-bond acceptors (Lipinski definition) is 5. The molecule has 0 amide bonds. The van der Waals surface area contributed by atoms with Gasteiger partial charge >= 0.3 is 5.97 Å². The average Bonchev–Trinajstić information content (AvgIpc) is 3.25. The van der Waals surface area contributed by atoms with Gasteiger partial charge in [-0.3, -0.25) is 0 Å². The molecule has 0 fully saturated rings. The van der Waals surface area contributed by atoms with Crippen molar-refractivity contribution in [3.8, 4) is 11.3 Å². The molecule has 5 heteroatoms. The summed E-state index contributed by atoms with van der Waals surface area (Å²) in [5.74, 6) is 0.735. The summed E-state index contributed by atoms with van der Waals surface area (Å²) in [5, 5.41) is 4.12. The number of benzene rings is 2. The molecular weight excluding hydrogens is 352 g/mol. The standard InChI is InChI=1S/C23H20N2O3/c1-14(2)17-11-9-16(10-12-17)13-19-23(26)27-22(24-19)20-15(3)28-25-21(20)18-7-5-4-6-8-18/h4-14H,1-3H3. The number of hydrogen-bond donors (Lipinski definition) is 0. The third-order valence-corrected chi connectivity index (χ3v) is 4.65. The highest BCUT2D eigenvalue weighted by Crippen LogP contribution is 2.29. The molecule has 4 rings (SSSR count). The van der Waals surface area contributed by atoms with E-state index in [1.807, 2.05) is 42.5 Å². The minimum atomic E-state index is -0.484. The summed E-state index contributed by atoms with van der Waals surface area (Å²) in [7, 11) is 0. The van der Waals surface area contributed by atoms with Gasteiger partial charge in [-0.15, -0.1) is 0 Å². The van der Waals surface area contributed by atoms with E-state index < -0.39 is 5.97 Å². The van der Waals surface area contributed by atoms with E-state index in [1.54, 1.807) is 13.0 Å². The van der Waals surface area contributed by atoms with Gasteiger partial charge in [0.1, 0.15) is 17.0 Å². The Balaban J connectivity index is 1.70. The number of rotatable bonds is 4. The molecule has 1 aliphatic heterocycles. The molecule has 2 heterocycles. The van der Waals surface area contributed by atoms with Crippen molar-refractivity contribution in [1.82, 2.24) is 5.16 Å². The van der Waals surface area contributed by atoms with Crippen LogP contribution in [-0.2, 0) is 9.53 Å². The van der Waals surface area contributed by atoms with Gasteiger partial charge in [0.05, 0.1) is 0 Å². The lowest BCUT2D eigenvalue weighted by molar-refractivity contribution is -0.129. The van der Waals surface area contributed by atoms with Crippen LogP contribution >= 0.6 is 0 Å². The zero-order chi connectivity index (χ0) is 19.7. The van der Waals surface area contributed by atoms with Crippen molar-refractivity contribution in [1.29, 1.82) is 0 Å². The molecule has 5 nitrogen and oxygen atoms in total. The fraction of sp³-hybridized carbons (Fsp3) is 0.174. The molecule has 3 aromatic rings. The molecule has 140 valence electrons. The maximum atomic E-state index is 12.4. The predicted octanol–water partition coefficient (Wildman–Crippen LogP) is 5.12. The molecule has 0 spiro atoms. The van der Waals surface area contributed by atoms with Crippen molar-refractivity contribution in [3.63, 3.8) is 0 Å². The molecule has 0 unspecified atom stereocenters. The van der Waals surface area contributed by atoms with Gasteiger partial charge in [0.15, 0.2) is 5.70 Å². The fourth-order valence-corrected chi connectivity index (χ4v) is 3.07. The lowest BCUT2D eigenvalue weighted by Gasteiger charge is -2.04. The number of ether oxygens (including phenoxy) is 1. The molecule has 28 heavy (non-hydrogen) atoms. The van der Waals surface area contributed by atoms with Crippen molar-refractivity contribution >= 4 is 17.9 Å². The Labute approximate surface area is 163 Å². The molecule has 0 aliphatic carbocycles. The van der Waals surface area contributed by atoms with Gasteiger partial charge in [0.2, 0.25) is 5.90 Å². The Morgan fingerprint density at radius 2 is 1.71 bits per heavy atom. The van der Waals surface area contributed by atoms with Crippen molar-refractivity contribution in [2.75, 3.05) is 0 Å². The molecule has 2 aromatic carbocycles. The smallest absolute Gasteiger partial charge is 0.363 e. The van der Waals surface area contributed by atoms with Crippen molar-refractivity contribution in [3.05, 3.63) is 82.7 Å². The lowest BCUT2D eigenvalue weighted by Crippen LogP contribution is -2.07. The lowest BCUT2D eigenvalue weighted by atomic mass is 10.0. The van der Waals surface area contributed by atoms with Gasteiger partial charge in [-0.1, -0.05) is 73.6 Å². The highest BCUT2D eigenvalue weighted by atomic mass is 16.6. The van der Waals surface area contributed by atoms with E-state index in [2.05, 4.69) is 36.1 Å². The molecule has 0 bridgehead atoms. The van der Waals surface area contributed by atoms with Crippen LogP contribution in [0.2, 0.25) is 0 Å². The molecule has 0 radical (unpaired) electrons. The number of carbonyl (C=O) groups excluding carboxylic acids is 1. The van der Waals surface area contributed by atoms with Gasteiger partial charge in [0, 0.05) is 5.56 Å². The average molecular weight is 372 g/mol. The zero-order valence-electron chi connectivity index (χ0n) is 16.0. The Morgan fingerprint density at radius 3 is 2.39 bits per heavy atom. The molecule has 0 saturated heterocycles. The van der Waals surface area contributed by atoms with Crippen molar-refractivity contribution in [2.24, 2.45) is 4.99 Å². The van der Waals surface area contributed by atoms with Crippen LogP contribution in [0.4, 0.5) is 0 Å². The van der Waals surface area contributed by atoms with Crippen LogP contribution < -0.4 is 0 Å². The van der Waals surface area contributed by atoms with Crippen LogP contribution in [-0.4, -0.2) is 17.0 Å². The molecular formula is C23H20N2O3. The Hall–Kier alpha value is -3.47. The summed E-state index contributed by atoms with van der Waals surface area (Å²) >= 11 is 0. The number of nitrogens with zero attached hydrogens (tertiary/aromatic N) is 2. The first kappa shape index (κ1) is 17.9. The first-order valence-electron chi connectivity index (χ1n) is 9.17. The Kier molecular flexibility index (Phi) is 4.65. The van der Waals surface area contributed by atoms with Gasteiger partial charge in [0.25, 0.3) is 0 Å². The van der Waals surface area contributed by atoms with Crippen molar-refractivity contribution in [2.45, 2.75) is 26.7 Å². The predicted molar refractivity (Wildman–Crippen MR) is 108 cm³/mol. The normalized spacial score (nSPS) is 15.2. The molecule has 0 saturated carbocycles. The van der Waals surface area contributed by atoms with Crippen LogP contribution in [0, 0.1) is 6.92 Å². The topological polar surface area (TPSA) is 64.7 Å². The number of cyclic esters (lactones) is 1. The zero-order valence-corrected chi connectivity index (χ0v) is 16.0. The molecule has 0 atom stereocenters. The summed E-state index contributed by atoms with van der Waals surface area (Å²) in [6.07, 6.45) is 1.73. The van der Waals surface area contributed by atoms with E-state index in [0.29, 0.717) is 22.9 Å². The second kappa shape index (κ2) is 7.27. The maximum Gasteiger partial charge on any atom is 0.363 e. The van der Waals surface area contributed by atoms with Crippen LogP contribution in [0.1, 0.15) is 42.2 Å². The highest BCUT2D eigenvalue weighted by molar-refractivity contribution is 6.15. The van der Waals surface area contributed by atoms with Crippen molar-refractivity contribution < 1.29 is 14.1 Å². The van der Waals surface area contributed by atoms with E-state index in [4.69, 9.17) is 9.26 Å². The molecule has 0 N–H and O–H groups in total. The number of esters is 1. The van der Waals surface area contributed by atoms with Crippen LogP contribution in [0.15, 0.2) is 69.8 Å². The number of aromatic nitrogens is 1. The second-order valence-corrected chi connectivity index (χ2v) is 6.99. The summed E-state index contributed by atoms with van der Waals surface area (Å²) in [5.41, 5.74) is 4.46. The largest absolute Gasteiger partial charge is 0.402 e. The number of carbonyl (C=O) groups is 1. The van der Waals surface area contributed by atoms with E-state index in [9.17, 15) is 4.79 Å². The monoisotopic (exact) mass is 372 g/mol. The highest BCUT2D eigenvalue weighted by Gasteiger charge is 2.30. The van der Waals surface area contributed by atoms with Gasteiger partial charge < -0.3 is 9.26 Å². The number of aliphatic imine (C=N–C) groups is 1. The maximum absolute atomic E-state index is 12.4. The van der Waals surface area contributed by atoms with Crippen LogP contribution in [0.25, 0.3) is 17.3 Å². The van der Waals surface area contributed by atoms with E-state index >= 15 is 0 Å². The SMILES string of the molecule is Cc1onc(-c2ccccc2)c1C1=NC(=Cc2ccc(C(C)C)cc2)C(=O)O1. The number of aryl methyl sites for hydroxylation is 1. The van der Waals surface area contributed by atoms with Gasteiger partial charge in [-0.25, -0.2) is 9.79 Å². The van der Waals surface area contributed by atoms with E-state index in [-0.39, 0.29) is 11.6 Å². The first-order chi connectivity index (χ1) is 13.5.